The average molecular weight is 732 g/mol. The van der Waals surface area contributed by atoms with Crippen LogP contribution in [0.2, 0.25) is 0 Å². The highest BCUT2D eigenvalue weighted by Crippen LogP contribution is 2.46. The van der Waals surface area contributed by atoms with Crippen molar-refractivity contribution in [3.05, 3.63) is 94.8 Å². The Bertz CT molecular complexity index is 1730. The van der Waals surface area contributed by atoms with Gasteiger partial charge in [-0.05, 0) is 96.7 Å². The van der Waals surface area contributed by atoms with Crippen LogP contribution in [-0.2, 0) is 32.0 Å². The standard InChI is InChI=1S/C40H46FN3O7S/c41-30-14-16-31(17-15-30)44-37(38(39(44)48)52-24-34(45)29-11-10-26-8-4-5-9-28(26)21-29)27-12-18-32(19-13-27)51-23-36(47)42-22-35(46)43-33(40(49)50)20-25-6-2-1-3-7-25/h10-19,21,25,33-34,37-38,45H,1-9,20,22-24H2,(H,42,47)(H,43,46)(H,49,50)/t33-,34+,37-,38-/m1/s1. The number of nitrogens with one attached hydrogen (secondary N) is 2. The fourth-order valence-corrected chi connectivity index (χ4v) is 8.75. The number of hydrogen-bond donors (Lipinski definition) is 4. The Morgan fingerprint density at radius 1 is 0.904 bits per heavy atom. The summed E-state index contributed by atoms with van der Waals surface area (Å²) in [5.41, 5.74) is 4.84. The molecule has 0 radical (unpaired) electrons. The van der Waals surface area contributed by atoms with Gasteiger partial charge in [-0.15, -0.1) is 11.8 Å². The molecule has 3 amide bonds. The smallest absolute Gasteiger partial charge is 0.326 e. The molecule has 52 heavy (non-hydrogen) atoms. The summed E-state index contributed by atoms with van der Waals surface area (Å²) in [6, 6.07) is 17.5. The molecule has 6 rings (SSSR count). The number of nitrogens with zero attached hydrogens (tertiary/aromatic N) is 1. The molecule has 1 aliphatic heterocycles. The lowest BCUT2D eigenvalue weighted by atomic mass is 9.85. The Hall–Kier alpha value is -4.42. The number of aliphatic hydroxyl groups excluding tert-OH is 1. The number of aryl methyl sites for hydroxylation is 2. The van der Waals surface area contributed by atoms with Gasteiger partial charge in [0.2, 0.25) is 11.8 Å². The van der Waals surface area contributed by atoms with E-state index in [9.17, 15) is 33.8 Å². The van der Waals surface area contributed by atoms with Crippen molar-refractivity contribution in [2.75, 3.05) is 23.8 Å². The third-order valence-electron chi connectivity index (χ3n) is 10.3. The lowest BCUT2D eigenvalue weighted by Gasteiger charge is -2.47. The number of carbonyl (C=O) groups excluding carboxylic acids is 3. The van der Waals surface area contributed by atoms with Gasteiger partial charge in [-0.25, -0.2) is 9.18 Å². The fourth-order valence-electron chi connectivity index (χ4n) is 7.45. The van der Waals surface area contributed by atoms with Gasteiger partial charge in [0.15, 0.2) is 6.61 Å². The zero-order valence-corrected chi connectivity index (χ0v) is 29.9. The van der Waals surface area contributed by atoms with E-state index in [-0.39, 0.29) is 31.0 Å². The number of hydrogen-bond acceptors (Lipinski definition) is 7. The molecular weight excluding hydrogens is 686 g/mol. The number of fused-ring (bicyclic) bond motifs is 1. The first kappa shape index (κ1) is 37.3. The van der Waals surface area contributed by atoms with Crippen molar-refractivity contribution in [1.82, 2.24) is 10.6 Å². The minimum atomic E-state index is -1.09. The number of aliphatic hydroxyl groups is 1. The van der Waals surface area contributed by atoms with Crippen LogP contribution in [0, 0.1) is 11.7 Å². The number of β-lactam (4-membered cyclic amide) rings is 1. The lowest BCUT2D eigenvalue weighted by Crippen LogP contribution is -2.57. The van der Waals surface area contributed by atoms with Crippen molar-refractivity contribution in [3.63, 3.8) is 0 Å². The van der Waals surface area contributed by atoms with Crippen LogP contribution in [0.5, 0.6) is 5.75 Å². The number of carboxylic acids is 1. The van der Waals surface area contributed by atoms with Gasteiger partial charge in [-0.3, -0.25) is 14.4 Å². The minimum Gasteiger partial charge on any atom is -0.484 e. The summed E-state index contributed by atoms with van der Waals surface area (Å²) in [4.78, 5) is 51.7. The highest BCUT2D eigenvalue weighted by atomic mass is 32.2. The van der Waals surface area contributed by atoms with Crippen LogP contribution < -0.4 is 20.3 Å². The Balaban J connectivity index is 1.03. The number of carboxylic acid groups (broad SMARTS) is 1. The first-order valence-electron chi connectivity index (χ1n) is 18.2. The third-order valence-corrected chi connectivity index (χ3v) is 11.6. The van der Waals surface area contributed by atoms with Crippen LogP contribution in [0.3, 0.4) is 0 Å². The highest BCUT2D eigenvalue weighted by molar-refractivity contribution is 8.00. The third kappa shape index (κ3) is 9.32. The highest BCUT2D eigenvalue weighted by Gasteiger charge is 2.49. The monoisotopic (exact) mass is 731 g/mol. The molecule has 2 aliphatic carbocycles. The molecule has 4 atom stereocenters. The topological polar surface area (TPSA) is 145 Å². The second-order valence-electron chi connectivity index (χ2n) is 14.0. The van der Waals surface area contributed by atoms with Gasteiger partial charge >= 0.3 is 5.97 Å². The number of benzene rings is 3. The maximum Gasteiger partial charge on any atom is 0.326 e. The Morgan fingerprint density at radius 3 is 2.33 bits per heavy atom. The van der Waals surface area contributed by atoms with E-state index in [0.717, 1.165) is 62.5 Å². The lowest BCUT2D eigenvalue weighted by molar-refractivity contribution is -0.142. The summed E-state index contributed by atoms with van der Waals surface area (Å²) < 4.78 is 19.4. The van der Waals surface area contributed by atoms with Crippen LogP contribution in [0.15, 0.2) is 66.7 Å². The maximum atomic E-state index is 13.7. The van der Waals surface area contributed by atoms with E-state index in [1.165, 1.54) is 41.4 Å². The van der Waals surface area contributed by atoms with Crippen LogP contribution in [0.25, 0.3) is 0 Å². The molecule has 276 valence electrons. The summed E-state index contributed by atoms with van der Waals surface area (Å²) in [5, 5.41) is 25.2. The van der Waals surface area contributed by atoms with Gasteiger partial charge < -0.3 is 30.5 Å². The molecule has 3 aromatic carbocycles. The largest absolute Gasteiger partial charge is 0.484 e. The zero-order valence-electron chi connectivity index (χ0n) is 29.1. The number of carbonyl (C=O) groups is 4. The van der Waals surface area contributed by atoms with E-state index in [0.29, 0.717) is 23.6 Å². The van der Waals surface area contributed by atoms with Crippen molar-refractivity contribution in [2.24, 2.45) is 5.92 Å². The van der Waals surface area contributed by atoms with E-state index >= 15 is 0 Å². The number of halogens is 1. The van der Waals surface area contributed by atoms with Gasteiger partial charge in [0.05, 0.1) is 18.7 Å². The van der Waals surface area contributed by atoms with Gasteiger partial charge in [0.25, 0.3) is 5.91 Å². The van der Waals surface area contributed by atoms with Crippen molar-refractivity contribution in [2.45, 2.75) is 87.6 Å². The SMILES string of the molecule is O=C(COc1ccc([C@@H]2[C@@H](SC[C@H](O)c3ccc4c(c3)CCCC4)C(=O)N2c2ccc(F)cc2)cc1)NCC(=O)N[C@H](CC1CCCCC1)C(=O)O. The van der Waals surface area contributed by atoms with Gasteiger partial charge in [-0.2, -0.15) is 0 Å². The summed E-state index contributed by atoms with van der Waals surface area (Å²) >= 11 is 1.39. The van der Waals surface area contributed by atoms with Crippen LogP contribution >= 0.6 is 11.8 Å². The Kier molecular flexibility index (Phi) is 12.5. The summed E-state index contributed by atoms with van der Waals surface area (Å²) in [6.45, 7) is -0.732. The quantitative estimate of drug-likeness (QED) is 0.147. The normalized spacial score (nSPS) is 19.9. The number of anilines is 1. The molecule has 1 saturated heterocycles. The van der Waals surface area contributed by atoms with E-state index in [2.05, 4.69) is 22.8 Å². The molecule has 1 heterocycles. The predicted octanol–water partition coefficient (Wildman–Crippen LogP) is 5.66. The predicted molar refractivity (Wildman–Crippen MR) is 197 cm³/mol. The molecule has 3 aromatic rings. The number of thioether (sulfide) groups is 1. The number of ether oxygens (including phenoxy) is 1. The number of rotatable bonds is 15. The second kappa shape index (κ2) is 17.4. The molecule has 2 fully saturated rings. The van der Waals surface area contributed by atoms with Crippen molar-refractivity contribution < 1.29 is 38.5 Å². The van der Waals surface area contributed by atoms with Crippen LogP contribution in [0.4, 0.5) is 10.1 Å². The summed E-state index contributed by atoms with van der Waals surface area (Å²) in [5.74, 6) is -1.76. The molecule has 3 aliphatic rings. The van der Waals surface area contributed by atoms with E-state index in [1.807, 2.05) is 6.07 Å². The van der Waals surface area contributed by atoms with E-state index in [4.69, 9.17) is 4.74 Å². The molecule has 0 aromatic heterocycles. The van der Waals surface area contributed by atoms with Crippen molar-refractivity contribution in [1.29, 1.82) is 0 Å². The number of aliphatic carboxylic acids is 1. The number of amides is 3. The molecule has 0 unspecified atom stereocenters. The summed E-state index contributed by atoms with van der Waals surface area (Å²) in [7, 11) is 0. The molecule has 0 bridgehead atoms. The van der Waals surface area contributed by atoms with Gasteiger partial charge in [-0.1, -0.05) is 62.4 Å². The Labute approximate surface area is 307 Å². The first-order chi connectivity index (χ1) is 25.2. The van der Waals surface area contributed by atoms with E-state index in [1.54, 1.807) is 41.3 Å². The van der Waals surface area contributed by atoms with E-state index < -0.39 is 41.0 Å². The van der Waals surface area contributed by atoms with Crippen molar-refractivity contribution in [3.8, 4) is 5.75 Å². The average Bonchev–Trinajstić information content (AvgIpc) is 3.16. The van der Waals surface area contributed by atoms with Gasteiger partial charge in [0, 0.05) is 11.4 Å². The summed E-state index contributed by atoms with van der Waals surface area (Å²) in [6.07, 6.45) is 9.24. The maximum absolute atomic E-state index is 13.7. The minimum absolute atomic E-state index is 0.135. The molecule has 1 saturated carbocycles. The van der Waals surface area contributed by atoms with Crippen LogP contribution in [-0.4, -0.2) is 64.1 Å². The van der Waals surface area contributed by atoms with Crippen molar-refractivity contribution >= 4 is 41.1 Å². The molecule has 10 nitrogen and oxygen atoms in total. The molecular formula is C40H46FN3O7S. The molecule has 12 heteroatoms. The second-order valence-corrected chi connectivity index (χ2v) is 15.1. The zero-order chi connectivity index (χ0) is 36.6. The first-order valence-corrected chi connectivity index (χ1v) is 19.2. The van der Waals surface area contributed by atoms with Gasteiger partial charge in [0.1, 0.15) is 22.9 Å². The van der Waals surface area contributed by atoms with Crippen LogP contribution in [0.1, 0.15) is 85.8 Å². The molecule has 4 N–H and O–H groups in total. The fraction of sp³-hybridized carbons (Fsp3) is 0.450. The molecule has 0 spiro atoms. The Morgan fingerprint density at radius 2 is 1.62 bits per heavy atom.